The van der Waals surface area contributed by atoms with Crippen LogP contribution in [0.1, 0.15) is 26.7 Å². The number of ether oxygens (including phenoxy) is 1. The zero-order valence-corrected chi connectivity index (χ0v) is 6.05. The maximum atomic E-state index is 8.74. The summed E-state index contributed by atoms with van der Waals surface area (Å²) >= 11 is 0. The second-order valence-electron chi connectivity index (χ2n) is 2.87. The van der Waals surface area contributed by atoms with Crippen molar-refractivity contribution in [3.63, 3.8) is 0 Å². The molecule has 0 saturated carbocycles. The maximum Gasteiger partial charge on any atom is 0.115 e. The molecule has 0 aliphatic carbocycles. The molecule has 0 radical (unpaired) electrons. The van der Waals surface area contributed by atoms with Crippen LogP contribution in [0.2, 0.25) is 0 Å². The standard InChI is InChI=1S/C7H14O2/c1-3-4-6-7(2,5-8)9-6/h6,8H,3-5H2,1-2H3/t6-,7+/m1/s1. The Morgan fingerprint density at radius 2 is 2.33 bits per heavy atom. The highest BCUT2D eigenvalue weighted by molar-refractivity contribution is 4.97. The van der Waals surface area contributed by atoms with Crippen molar-refractivity contribution in [2.45, 2.75) is 38.4 Å². The molecule has 9 heavy (non-hydrogen) atoms. The van der Waals surface area contributed by atoms with Gasteiger partial charge in [-0.25, -0.2) is 0 Å². The fourth-order valence-electron chi connectivity index (χ4n) is 1.06. The molecule has 0 aromatic heterocycles. The Kier molecular flexibility index (Phi) is 1.78. The van der Waals surface area contributed by atoms with E-state index in [9.17, 15) is 0 Å². The third kappa shape index (κ3) is 1.25. The van der Waals surface area contributed by atoms with Gasteiger partial charge in [-0.2, -0.15) is 0 Å². The average Bonchev–Trinajstić information content (AvgIpc) is 2.46. The lowest BCUT2D eigenvalue weighted by Crippen LogP contribution is -2.14. The van der Waals surface area contributed by atoms with Crippen molar-refractivity contribution in [3.8, 4) is 0 Å². The van der Waals surface area contributed by atoms with Gasteiger partial charge in [0.05, 0.1) is 12.7 Å². The Bertz CT molecular complexity index is 101. The van der Waals surface area contributed by atoms with Crippen LogP contribution >= 0.6 is 0 Å². The molecule has 1 N–H and O–H groups in total. The van der Waals surface area contributed by atoms with Gasteiger partial charge in [-0.15, -0.1) is 0 Å². The summed E-state index contributed by atoms with van der Waals surface area (Å²) in [5.41, 5.74) is -0.185. The summed E-state index contributed by atoms with van der Waals surface area (Å²) < 4.78 is 5.24. The first kappa shape index (κ1) is 7.03. The molecule has 1 fully saturated rings. The number of rotatable bonds is 3. The summed E-state index contributed by atoms with van der Waals surface area (Å²) in [7, 11) is 0. The van der Waals surface area contributed by atoms with Gasteiger partial charge in [-0.1, -0.05) is 13.3 Å². The van der Waals surface area contributed by atoms with Gasteiger partial charge in [-0.3, -0.25) is 0 Å². The van der Waals surface area contributed by atoms with Crippen molar-refractivity contribution < 1.29 is 9.84 Å². The minimum atomic E-state index is -0.185. The predicted molar refractivity (Wildman–Crippen MR) is 35.3 cm³/mol. The molecule has 0 unspecified atom stereocenters. The van der Waals surface area contributed by atoms with Gasteiger partial charge in [0.2, 0.25) is 0 Å². The van der Waals surface area contributed by atoms with Gasteiger partial charge in [-0.05, 0) is 13.3 Å². The van der Waals surface area contributed by atoms with Gasteiger partial charge < -0.3 is 9.84 Å². The van der Waals surface area contributed by atoms with Gasteiger partial charge in [0.15, 0.2) is 0 Å². The second kappa shape index (κ2) is 2.27. The Hall–Kier alpha value is -0.0800. The Morgan fingerprint density at radius 3 is 2.67 bits per heavy atom. The highest BCUT2D eigenvalue weighted by Crippen LogP contribution is 2.38. The molecule has 1 rings (SSSR count). The monoisotopic (exact) mass is 130 g/mol. The topological polar surface area (TPSA) is 32.8 Å². The van der Waals surface area contributed by atoms with Crippen molar-refractivity contribution in [1.82, 2.24) is 0 Å². The van der Waals surface area contributed by atoms with Crippen molar-refractivity contribution in [2.24, 2.45) is 0 Å². The van der Waals surface area contributed by atoms with Crippen molar-refractivity contribution in [1.29, 1.82) is 0 Å². The molecule has 2 atom stereocenters. The molecule has 2 nitrogen and oxygen atoms in total. The average molecular weight is 130 g/mol. The number of epoxide rings is 1. The summed E-state index contributed by atoms with van der Waals surface area (Å²) in [4.78, 5) is 0. The molecule has 0 aromatic carbocycles. The second-order valence-corrected chi connectivity index (χ2v) is 2.87. The van der Waals surface area contributed by atoms with E-state index in [0.29, 0.717) is 6.10 Å². The maximum absolute atomic E-state index is 8.74. The van der Waals surface area contributed by atoms with Crippen LogP contribution in [0.15, 0.2) is 0 Å². The van der Waals surface area contributed by atoms with Crippen LogP contribution in [-0.2, 0) is 4.74 Å². The van der Waals surface area contributed by atoms with Gasteiger partial charge in [0.1, 0.15) is 5.60 Å². The molecule has 0 amide bonds. The minimum Gasteiger partial charge on any atom is -0.393 e. The molecule has 54 valence electrons. The third-order valence-electron chi connectivity index (χ3n) is 1.90. The molecular formula is C7H14O2. The SMILES string of the molecule is CCC[C@H]1O[C@@]1(C)CO. The largest absolute Gasteiger partial charge is 0.393 e. The first-order valence-corrected chi connectivity index (χ1v) is 3.51. The van der Waals surface area contributed by atoms with Gasteiger partial charge in [0, 0.05) is 0 Å². The van der Waals surface area contributed by atoms with Crippen molar-refractivity contribution in [3.05, 3.63) is 0 Å². The van der Waals surface area contributed by atoms with Crippen LogP contribution in [0.4, 0.5) is 0 Å². The molecule has 2 heteroatoms. The highest BCUT2D eigenvalue weighted by atomic mass is 16.6. The third-order valence-corrected chi connectivity index (χ3v) is 1.90. The summed E-state index contributed by atoms with van der Waals surface area (Å²) in [6, 6.07) is 0. The van der Waals surface area contributed by atoms with Crippen LogP contribution < -0.4 is 0 Å². The summed E-state index contributed by atoms with van der Waals surface area (Å²) in [5, 5.41) is 8.74. The normalized spacial score (nSPS) is 41.0. The van der Waals surface area contributed by atoms with E-state index >= 15 is 0 Å². The minimum absolute atomic E-state index is 0.164. The Balaban J connectivity index is 2.22. The van der Waals surface area contributed by atoms with E-state index in [-0.39, 0.29) is 12.2 Å². The van der Waals surface area contributed by atoms with Crippen LogP contribution in [0, 0.1) is 0 Å². The van der Waals surface area contributed by atoms with Gasteiger partial charge >= 0.3 is 0 Å². The first-order valence-electron chi connectivity index (χ1n) is 3.51. The lowest BCUT2D eigenvalue weighted by atomic mass is 10.1. The zero-order valence-electron chi connectivity index (χ0n) is 6.05. The number of hydrogen-bond donors (Lipinski definition) is 1. The fourth-order valence-corrected chi connectivity index (χ4v) is 1.06. The van der Waals surface area contributed by atoms with E-state index in [4.69, 9.17) is 9.84 Å². The number of aliphatic hydroxyl groups is 1. The van der Waals surface area contributed by atoms with Crippen molar-refractivity contribution >= 4 is 0 Å². The lowest BCUT2D eigenvalue weighted by molar-refractivity contribution is 0.184. The smallest absolute Gasteiger partial charge is 0.115 e. The number of aliphatic hydroxyl groups excluding tert-OH is 1. The van der Waals surface area contributed by atoms with E-state index in [1.165, 1.54) is 0 Å². The zero-order chi connectivity index (χ0) is 6.91. The molecule has 0 spiro atoms. The van der Waals surface area contributed by atoms with E-state index in [1.54, 1.807) is 0 Å². The Morgan fingerprint density at radius 1 is 1.67 bits per heavy atom. The van der Waals surface area contributed by atoms with E-state index < -0.39 is 0 Å². The summed E-state index contributed by atoms with van der Waals surface area (Å²) in [6.45, 7) is 4.24. The molecule has 1 aliphatic heterocycles. The molecule has 0 aromatic rings. The van der Waals surface area contributed by atoms with E-state index in [1.807, 2.05) is 6.92 Å². The summed E-state index contributed by atoms with van der Waals surface area (Å²) in [5.74, 6) is 0. The van der Waals surface area contributed by atoms with Crippen LogP contribution in [0.25, 0.3) is 0 Å². The first-order chi connectivity index (χ1) is 4.23. The molecule has 1 saturated heterocycles. The van der Waals surface area contributed by atoms with Crippen LogP contribution in [0.5, 0.6) is 0 Å². The van der Waals surface area contributed by atoms with Crippen LogP contribution in [-0.4, -0.2) is 23.4 Å². The summed E-state index contributed by atoms with van der Waals surface area (Å²) in [6.07, 6.45) is 2.55. The van der Waals surface area contributed by atoms with Crippen molar-refractivity contribution in [2.75, 3.05) is 6.61 Å². The van der Waals surface area contributed by atoms with E-state index in [0.717, 1.165) is 12.8 Å². The molecular weight excluding hydrogens is 116 g/mol. The van der Waals surface area contributed by atoms with E-state index in [2.05, 4.69) is 6.92 Å². The quantitative estimate of drug-likeness (QED) is 0.576. The molecule has 1 heterocycles. The van der Waals surface area contributed by atoms with Gasteiger partial charge in [0.25, 0.3) is 0 Å². The molecule has 0 bridgehead atoms. The number of hydrogen-bond acceptors (Lipinski definition) is 2. The molecule has 1 aliphatic rings. The fraction of sp³-hybridized carbons (Fsp3) is 1.00. The Labute approximate surface area is 55.8 Å². The highest BCUT2D eigenvalue weighted by Gasteiger charge is 2.50. The predicted octanol–water partition coefficient (Wildman–Crippen LogP) is 0.936. The van der Waals surface area contributed by atoms with Crippen LogP contribution in [0.3, 0.4) is 0 Å². The lowest BCUT2D eigenvalue weighted by Gasteiger charge is -1.97.